The van der Waals surface area contributed by atoms with Crippen molar-refractivity contribution >= 4 is 5.97 Å². The van der Waals surface area contributed by atoms with Crippen LogP contribution in [0.25, 0.3) is 0 Å². The van der Waals surface area contributed by atoms with Gasteiger partial charge in [0.2, 0.25) is 0 Å². The van der Waals surface area contributed by atoms with Crippen molar-refractivity contribution in [3.8, 4) is 0 Å². The molecule has 0 aromatic rings. The number of esters is 1. The predicted molar refractivity (Wildman–Crippen MR) is 106 cm³/mol. The Balaban J connectivity index is 2.23. The van der Waals surface area contributed by atoms with Crippen LogP contribution in [-0.2, 0) is 9.53 Å². The molecular weight excluding hydrogens is 328 g/mol. The van der Waals surface area contributed by atoms with Gasteiger partial charge in [-0.05, 0) is 50.9 Å². The second-order valence-corrected chi connectivity index (χ2v) is 7.68. The highest BCUT2D eigenvalue weighted by molar-refractivity contribution is 5.69. The minimum Gasteiger partial charge on any atom is -0.466 e. The van der Waals surface area contributed by atoms with Gasteiger partial charge in [0.1, 0.15) is 0 Å². The average Bonchev–Trinajstić information content (AvgIpc) is 2.96. The monoisotopic (exact) mass is 368 g/mol. The second kappa shape index (κ2) is 14.2. The third-order valence-electron chi connectivity index (χ3n) is 5.50. The van der Waals surface area contributed by atoms with E-state index in [0.29, 0.717) is 24.9 Å². The van der Waals surface area contributed by atoms with Crippen LogP contribution in [0.3, 0.4) is 0 Å². The molecule has 4 nitrogen and oxygen atoms in total. The van der Waals surface area contributed by atoms with Crippen molar-refractivity contribution in [2.24, 2.45) is 11.8 Å². The highest BCUT2D eigenvalue weighted by Crippen LogP contribution is 2.36. The highest BCUT2D eigenvalue weighted by Gasteiger charge is 2.32. The van der Waals surface area contributed by atoms with Crippen LogP contribution in [0.1, 0.15) is 90.9 Å². The van der Waals surface area contributed by atoms with Gasteiger partial charge in [-0.2, -0.15) is 0 Å². The summed E-state index contributed by atoms with van der Waals surface area (Å²) in [6.07, 6.45) is 15.4. The van der Waals surface area contributed by atoms with Crippen molar-refractivity contribution in [1.29, 1.82) is 0 Å². The number of allylic oxidation sites excluding steroid dienone is 1. The second-order valence-electron chi connectivity index (χ2n) is 7.68. The van der Waals surface area contributed by atoms with Gasteiger partial charge in [-0.15, -0.1) is 0 Å². The number of aliphatic hydroxyl groups is 2. The van der Waals surface area contributed by atoms with E-state index in [1.165, 1.54) is 12.8 Å². The Morgan fingerprint density at radius 2 is 1.88 bits per heavy atom. The van der Waals surface area contributed by atoms with E-state index in [2.05, 4.69) is 13.0 Å². The first-order chi connectivity index (χ1) is 12.6. The molecule has 0 aliphatic heterocycles. The Kier molecular flexibility index (Phi) is 12.7. The van der Waals surface area contributed by atoms with Crippen LogP contribution in [0, 0.1) is 11.8 Å². The molecule has 0 saturated heterocycles. The van der Waals surface area contributed by atoms with Gasteiger partial charge in [-0.1, -0.05) is 57.6 Å². The van der Waals surface area contributed by atoms with Crippen molar-refractivity contribution in [2.45, 2.75) is 103 Å². The van der Waals surface area contributed by atoms with Crippen molar-refractivity contribution in [3.63, 3.8) is 0 Å². The summed E-state index contributed by atoms with van der Waals surface area (Å²) in [6.45, 7) is 4.46. The molecule has 0 aromatic heterocycles. The predicted octanol–water partition coefficient (Wildman–Crippen LogP) is 4.77. The zero-order valence-electron chi connectivity index (χ0n) is 16.9. The van der Waals surface area contributed by atoms with E-state index in [-0.39, 0.29) is 18.2 Å². The summed E-state index contributed by atoms with van der Waals surface area (Å²) >= 11 is 0. The molecule has 1 rings (SSSR count). The molecule has 0 bridgehead atoms. The number of ether oxygens (including phenoxy) is 1. The number of carbonyl (C=O) groups excluding carboxylic acids is 1. The zero-order chi connectivity index (χ0) is 19.2. The first kappa shape index (κ1) is 23.2. The van der Waals surface area contributed by atoms with Crippen LogP contribution in [0.5, 0.6) is 0 Å². The normalized spacial score (nSPS) is 24.2. The smallest absolute Gasteiger partial charge is 0.305 e. The van der Waals surface area contributed by atoms with Gasteiger partial charge in [0.15, 0.2) is 0 Å². The fourth-order valence-electron chi connectivity index (χ4n) is 3.93. The standard InChI is InChI=1S/C22H40O4/c1-3-5-8-11-19(23)16-14-18-15-17-21(24)20(18)12-9-6-7-10-13-22(25)26-4-2/h14,16,18-21,23-24H,3-13,15,17H2,1-2H3/t18-,19?,20-,21-/m0/s1. The van der Waals surface area contributed by atoms with Crippen LogP contribution in [0.2, 0.25) is 0 Å². The first-order valence-corrected chi connectivity index (χ1v) is 10.8. The lowest BCUT2D eigenvalue weighted by Crippen LogP contribution is -2.18. The molecule has 152 valence electrons. The Bertz CT molecular complexity index is 394. The number of unbranched alkanes of at least 4 members (excludes halogenated alkanes) is 5. The molecule has 0 aromatic carbocycles. The minimum absolute atomic E-state index is 0.0959. The Hall–Kier alpha value is -0.870. The van der Waals surface area contributed by atoms with Crippen molar-refractivity contribution < 1.29 is 19.7 Å². The Morgan fingerprint density at radius 1 is 1.12 bits per heavy atom. The van der Waals surface area contributed by atoms with Crippen LogP contribution < -0.4 is 0 Å². The molecule has 4 heteroatoms. The highest BCUT2D eigenvalue weighted by atomic mass is 16.5. The van der Waals surface area contributed by atoms with Gasteiger partial charge >= 0.3 is 5.97 Å². The molecule has 0 amide bonds. The topological polar surface area (TPSA) is 66.8 Å². The quantitative estimate of drug-likeness (QED) is 0.263. The zero-order valence-corrected chi connectivity index (χ0v) is 16.9. The van der Waals surface area contributed by atoms with E-state index in [1.54, 1.807) is 0 Å². The van der Waals surface area contributed by atoms with Gasteiger partial charge in [-0.3, -0.25) is 4.79 Å². The molecule has 1 saturated carbocycles. The number of hydrogen-bond acceptors (Lipinski definition) is 4. The van der Waals surface area contributed by atoms with Gasteiger partial charge in [-0.25, -0.2) is 0 Å². The van der Waals surface area contributed by atoms with Crippen LogP contribution in [0.15, 0.2) is 12.2 Å². The minimum atomic E-state index is -0.345. The van der Waals surface area contributed by atoms with E-state index in [4.69, 9.17) is 4.74 Å². The molecule has 26 heavy (non-hydrogen) atoms. The van der Waals surface area contributed by atoms with Crippen molar-refractivity contribution in [3.05, 3.63) is 12.2 Å². The fourth-order valence-corrected chi connectivity index (χ4v) is 3.93. The largest absolute Gasteiger partial charge is 0.466 e. The summed E-state index contributed by atoms with van der Waals surface area (Å²) in [5, 5.41) is 20.3. The average molecular weight is 369 g/mol. The van der Waals surface area contributed by atoms with Crippen LogP contribution >= 0.6 is 0 Å². The molecule has 0 heterocycles. The maximum absolute atomic E-state index is 11.3. The summed E-state index contributed by atoms with van der Waals surface area (Å²) < 4.78 is 4.93. The lowest BCUT2D eigenvalue weighted by Gasteiger charge is -2.20. The van der Waals surface area contributed by atoms with Crippen molar-refractivity contribution in [2.75, 3.05) is 6.61 Å². The SMILES string of the molecule is CCCCCC(O)C=C[C@H]1CC[C@H](O)[C@H]1CCCCCCC(=O)OCC. The molecule has 0 radical (unpaired) electrons. The van der Waals surface area contributed by atoms with E-state index >= 15 is 0 Å². The van der Waals surface area contributed by atoms with E-state index in [9.17, 15) is 15.0 Å². The molecular formula is C22H40O4. The third kappa shape index (κ3) is 9.72. The van der Waals surface area contributed by atoms with Gasteiger partial charge in [0.05, 0.1) is 18.8 Å². The molecule has 2 N–H and O–H groups in total. The summed E-state index contributed by atoms with van der Waals surface area (Å²) in [5.74, 6) is 0.617. The Morgan fingerprint density at radius 3 is 2.62 bits per heavy atom. The van der Waals surface area contributed by atoms with E-state index < -0.39 is 0 Å². The fraction of sp³-hybridized carbons (Fsp3) is 0.864. The molecule has 4 atom stereocenters. The summed E-state index contributed by atoms with van der Waals surface area (Å²) in [7, 11) is 0. The maximum atomic E-state index is 11.3. The number of aliphatic hydroxyl groups excluding tert-OH is 2. The van der Waals surface area contributed by atoms with Crippen molar-refractivity contribution in [1.82, 2.24) is 0 Å². The Labute approximate surface area is 160 Å². The van der Waals surface area contributed by atoms with Crippen LogP contribution in [0.4, 0.5) is 0 Å². The van der Waals surface area contributed by atoms with E-state index in [0.717, 1.165) is 57.8 Å². The first-order valence-electron chi connectivity index (χ1n) is 10.8. The van der Waals surface area contributed by atoms with Gasteiger partial charge in [0.25, 0.3) is 0 Å². The van der Waals surface area contributed by atoms with Gasteiger partial charge in [0, 0.05) is 6.42 Å². The molecule has 1 unspecified atom stereocenters. The number of carbonyl (C=O) groups is 1. The third-order valence-corrected chi connectivity index (χ3v) is 5.50. The van der Waals surface area contributed by atoms with E-state index in [1.807, 2.05) is 13.0 Å². The number of hydrogen-bond donors (Lipinski definition) is 2. The maximum Gasteiger partial charge on any atom is 0.305 e. The molecule has 1 fully saturated rings. The lowest BCUT2D eigenvalue weighted by molar-refractivity contribution is -0.143. The molecule has 1 aliphatic rings. The molecule has 1 aliphatic carbocycles. The molecule has 0 spiro atoms. The van der Waals surface area contributed by atoms with Gasteiger partial charge < -0.3 is 14.9 Å². The number of rotatable bonds is 14. The summed E-state index contributed by atoms with van der Waals surface area (Å²) in [6, 6.07) is 0. The summed E-state index contributed by atoms with van der Waals surface area (Å²) in [5.41, 5.74) is 0. The lowest BCUT2D eigenvalue weighted by atomic mass is 9.88. The van der Waals surface area contributed by atoms with Crippen LogP contribution in [-0.4, -0.2) is 35.0 Å². The summed E-state index contributed by atoms with van der Waals surface area (Å²) in [4.78, 5) is 11.3.